The van der Waals surface area contributed by atoms with Crippen LogP contribution in [0.15, 0.2) is 71.9 Å². The summed E-state index contributed by atoms with van der Waals surface area (Å²) in [6.07, 6.45) is 6.29. The number of aldehydes is 1. The summed E-state index contributed by atoms with van der Waals surface area (Å²) >= 11 is 0. The van der Waals surface area contributed by atoms with Crippen molar-refractivity contribution in [3.8, 4) is 11.1 Å². The molecule has 1 saturated heterocycles. The van der Waals surface area contributed by atoms with Crippen LogP contribution in [0.4, 0.5) is 17.6 Å². The number of alkyl halides is 3. The van der Waals surface area contributed by atoms with Gasteiger partial charge in [-0.2, -0.15) is 13.2 Å². The van der Waals surface area contributed by atoms with Gasteiger partial charge in [0.2, 0.25) is 0 Å². The second-order valence-electron chi connectivity index (χ2n) is 11.3. The molecule has 0 radical (unpaired) electrons. The summed E-state index contributed by atoms with van der Waals surface area (Å²) in [5.74, 6) is -0.661. The van der Waals surface area contributed by atoms with Crippen LogP contribution in [0.2, 0.25) is 0 Å². The van der Waals surface area contributed by atoms with Crippen molar-refractivity contribution in [1.29, 1.82) is 0 Å². The first kappa shape index (κ1) is 34.3. The quantitative estimate of drug-likeness (QED) is 0.146. The number of rotatable bonds is 10. The molecule has 0 unspecified atom stereocenters. The van der Waals surface area contributed by atoms with Crippen LogP contribution < -0.4 is 10.6 Å². The fourth-order valence-corrected chi connectivity index (χ4v) is 6.04. The maximum Gasteiger partial charge on any atom is 0.416 e. The molecule has 2 aromatic rings. The molecule has 236 valence electrons. The summed E-state index contributed by atoms with van der Waals surface area (Å²) < 4.78 is 51.9. The zero-order valence-corrected chi connectivity index (χ0v) is 25.4. The highest BCUT2D eigenvalue weighted by atomic mass is 19.4. The van der Waals surface area contributed by atoms with Crippen molar-refractivity contribution in [2.75, 3.05) is 26.7 Å². The van der Waals surface area contributed by atoms with Crippen molar-refractivity contribution in [1.82, 2.24) is 15.5 Å². The largest absolute Gasteiger partial charge is 0.510 e. The number of carbonyl (C=O) groups excluding carboxylic acids is 1. The zero-order valence-electron chi connectivity index (χ0n) is 25.4. The molecular formula is C34H45F4N3O2. The van der Waals surface area contributed by atoms with Gasteiger partial charge in [0.1, 0.15) is 17.9 Å². The van der Waals surface area contributed by atoms with Gasteiger partial charge >= 0.3 is 6.18 Å². The number of nitrogens with one attached hydrogen (secondary N) is 2. The van der Waals surface area contributed by atoms with Crippen molar-refractivity contribution in [3.05, 3.63) is 83.0 Å². The Morgan fingerprint density at radius 3 is 2.23 bits per heavy atom. The molecule has 2 fully saturated rings. The van der Waals surface area contributed by atoms with E-state index in [0.29, 0.717) is 24.6 Å². The van der Waals surface area contributed by atoms with Crippen molar-refractivity contribution in [3.63, 3.8) is 0 Å². The van der Waals surface area contributed by atoms with Crippen molar-refractivity contribution >= 4 is 6.29 Å². The van der Waals surface area contributed by atoms with Crippen LogP contribution >= 0.6 is 0 Å². The van der Waals surface area contributed by atoms with Gasteiger partial charge in [0.15, 0.2) is 0 Å². The van der Waals surface area contributed by atoms with Crippen molar-refractivity contribution < 1.29 is 27.5 Å². The van der Waals surface area contributed by atoms with E-state index >= 15 is 0 Å². The molecule has 0 amide bonds. The summed E-state index contributed by atoms with van der Waals surface area (Å²) in [5.41, 5.74) is 2.46. The van der Waals surface area contributed by atoms with Crippen LogP contribution in [-0.4, -0.2) is 49.0 Å². The zero-order chi connectivity index (χ0) is 31.5. The van der Waals surface area contributed by atoms with Crippen LogP contribution in [0.1, 0.15) is 76.3 Å². The average molecular weight is 604 g/mol. The van der Waals surface area contributed by atoms with Crippen molar-refractivity contribution in [2.45, 2.75) is 83.0 Å². The SMILES string of the molecule is C/C=C(\CC/C(F)=C(\C)O)NC.O=CCNC1(c2ccc(-c3cccc(C(F)(F)F)c3)cc2)CCN(C2CCCC2)CC1. The minimum absolute atomic E-state index is 0.221. The third-order valence-electron chi connectivity index (χ3n) is 8.65. The fourth-order valence-electron chi connectivity index (χ4n) is 6.04. The minimum Gasteiger partial charge on any atom is -0.510 e. The molecule has 1 saturated carbocycles. The Kier molecular flexibility index (Phi) is 12.8. The van der Waals surface area contributed by atoms with E-state index in [2.05, 4.69) is 15.5 Å². The van der Waals surface area contributed by atoms with E-state index in [1.165, 1.54) is 44.7 Å². The molecule has 0 bridgehead atoms. The number of hydrogen-bond donors (Lipinski definition) is 3. The molecule has 5 nitrogen and oxygen atoms in total. The highest BCUT2D eigenvalue weighted by molar-refractivity contribution is 5.65. The predicted octanol–water partition coefficient (Wildman–Crippen LogP) is 8.04. The van der Waals surface area contributed by atoms with Crippen LogP contribution in [0.3, 0.4) is 0 Å². The standard InChI is InChI=1S/C25H29F3N2O.C9H16FNO/c26-25(27,28)22-5-3-4-20(18-22)19-8-10-21(11-9-19)24(29-14-17-31)12-15-30(16-13-24)23-6-1-2-7-23;1-4-8(11-3)5-6-9(10)7(2)12/h3-5,8-11,17-18,23,29H,1-2,6-7,12-16H2;4,11-12H,5-6H2,1-3H3/b;8-4+,9-7-. The number of aliphatic hydroxyl groups is 1. The molecule has 1 heterocycles. The Balaban J connectivity index is 0.000000359. The van der Waals surface area contributed by atoms with Gasteiger partial charge in [-0.05, 0) is 74.8 Å². The Bertz CT molecular complexity index is 1220. The first-order valence-electron chi connectivity index (χ1n) is 15.1. The molecule has 0 aromatic heterocycles. The van der Waals surface area contributed by atoms with E-state index in [1.54, 1.807) is 13.1 Å². The lowest BCUT2D eigenvalue weighted by molar-refractivity contribution is -0.137. The topological polar surface area (TPSA) is 64.6 Å². The predicted molar refractivity (Wildman–Crippen MR) is 164 cm³/mol. The lowest BCUT2D eigenvalue weighted by Crippen LogP contribution is -2.53. The number of carbonyl (C=O) groups is 1. The van der Waals surface area contributed by atoms with Crippen LogP contribution in [-0.2, 0) is 16.5 Å². The van der Waals surface area contributed by atoms with Crippen LogP contribution in [0, 0.1) is 0 Å². The summed E-state index contributed by atoms with van der Waals surface area (Å²) in [6, 6.07) is 13.9. The molecule has 1 aliphatic heterocycles. The van der Waals surface area contributed by atoms with Gasteiger partial charge in [-0.15, -0.1) is 0 Å². The minimum atomic E-state index is -4.36. The second-order valence-corrected chi connectivity index (χ2v) is 11.3. The summed E-state index contributed by atoms with van der Waals surface area (Å²) in [7, 11) is 1.79. The molecule has 2 aromatic carbocycles. The average Bonchev–Trinajstić information content (AvgIpc) is 3.56. The summed E-state index contributed by atoms with van der Waals surface area (Å²) in [6.45, 7) is 5.51. The van der Waals surface area contributed by atoms with Crippen LogP contribution in [0.25, 0.3) is 11.1 Å². The normalized spacial score (nSPS) is 18.4. The van der Waals surface area contributed by atoms with Gasteiger partial charge in [0.25, 0.3) is 0 Å². The number of likely N-dealkylation sites (tertiary alicyclic amines) is 1. The molecule has 4 rings (SSSR count). The highest BCUT2D eigenvalue weighted by Crippen LogP contribution is 2.37. The highest BCUT2D eigenvalue weighted by Gasteiger charge is 2.38. The molecule has 9 heteroatoms. The smallest absolute Gasteiger partial charge is 0.416 e. The number of allylic oxidation sites excluding steroid dienone is 4. The molecule has 1 aliphatic carbocycles. The van der Waals surface area contributed by atoms with Gasteiger partial charge in [-0.3, -0.25) is 0 Å². The summed E-state index contributed by atoms with van der Waals surface area (Å²) in [5, 5.41) is 15.1. The Morgan fingerprint density at radius 1 is 1.05 bits per heavy atom. The van der Waals surface area contributed by atoms with E-state index in [-0.39, 0.29) is 17.7 Å². The first-order chi connectivity index (χ1) is 20.5. The monoisotopic (exact) mass is 603 g/mol. The molecule has 43 heavy (non-hydrogen) atoms. The Morgan fingerprint density at radius 2 is 1.70 bits per heavy atom. The molecule has 3 N–H and O–H groups in total. The van der Waals surface area contributed by atoms with Gasteiger partial charge in [0.05, 0.1) is 12.1 Å². The lowest BCUT2D eigenvalue weighted by atomic mass is 9.80. The third-order valence-corrected chi connectivity index (χ3v) is 8.65. The van der Waals surface area contributed by atoms with Gasteiger partial charge in [0, 0.05) is 43.8 Å². The van der Waals surface area contributed by atoms with E-state index < -0.39 is 17.6 Å². The molecule has 0 spiro atoms. The maximum absolute atomic E-state index is 13.1. The number of hydrogen-bond acceptors (Lipinski definition) is 5. The molecule has 2 aliphatic rings. The number of nitrogens with zero attached hydrogens (tertiary/aromatic N) is 1. The van der Waals surface area contributed by atoms with E-state index in [0.717, 1.165) is 55.1 Å². The van der Waals surface area contributed by atoms with E-state index in [9.17, 15) is 22.4 Å². The number of aliphatic hydroxyl groups excluding tert-OH is 1. The third kappa shape index (κ3) is 9.66. The summed E-state index contributed by atoms with van der Waals surface area (Å²) in [4.78, 5) is 13.7. The van der Waals surface area contributed by atoms with Gasteiger partial charge in [-0.25, -0.2) is 4.39 Å². The number of benzene rings is 2. The van der Waals surface area contributed by atoms with Crippen molar-refractivity contribution in [2.24, 2.45) is 0 Å². The van der Waals surface area contributed by atoms with Crippen LogP contribution in [0.5, 0.6) is 0 Å². The van der Waals surface area contributed by atoms with E-state index in [4.69, 9.17) is 5.11 Å². The first-order valence-corrected chi connectivity index (χ1v) is 15.1. The van der Waals surface area contributed by atoms with E-state index in [1.807, 2.05) is 37.3 Å². The molecule has 0 atom stereocenters. The number of piperidine rings is 1. The molecular weight excluding hydrogens is 558 g/mol. The lowest BCUT2D eigenvalue weighted by Gasteiger charge is -2.44. The Hall–Kier alpha value is -3.17. The Labute approximate surface area is 253 Å². The second kappa shape index (κ2) is 16.1. The van der Waals surface area contributed by atoms with Gasteiger partial charge in [-0.1, -0.05) is 55.3 Å². The van der Waals surface area contributed by atoms with Gasteiger partial charge < -0.3 is 25.4 Å². The number of halogens is 4. The maximum atomic E-state index is 13.1. The fraction of sp³-hybridized carbons (Fsp3) is 0.500.